The fraction of sp³-hybridized carbons (Fsp3) is 0.0588. The Balaban J connectivity index is 2.23. The average molecular weight is 344 g/mol. The van der Waals surface area contributed by atoms with Crippen molar-refractivity contribution < 1.29 is 0 Å². The van der Waals surface area contributed by atoms with Crippen molar-refractivity contribution >= 4 is 22.6 Å². The van der Waals surface area contributed by atoms with E-state index in [2.05, 4.69) is 65.3 Å². The van der Waals surface area contributed by atoms with Gasteiger partial charge >= 0.3 is 0 Å². The lowest BCUT2D eigenvalue weighted by molar-refractivity contribution is 1.13. The van der Waals surface area contributed by atoms with Gasteiger partial charge in [0, 0.05) is 9.13 Å². The molecule has 0 nitrogen and oxygen atoms in total. The number of hydrogen-bond donors (Lipinski definition) is 0. The highest BCUT2D eigenvalue weighted by atomic mass is 127. The number of rotatable bonds is 2. The van der Waals surface area contributed by atoms with Crippen molar-refractivity contribution in [3.8, 4) is 11.8 Å². The topological polar surface area (TPSA) is 0 Å². The Morgan fingerprint density at radius 2 is 1.67 bits per heavy atom. The maximum Gasteiger partial charge on any atom is 0.0633 e. The van der Waals surface area contributed by atoms with Gasteiger partial charge in [-0.3, -0.25) is 0 Å². The normalized spacial score (nSPS) is 11.2. The molecule has 0 aliphatic rings. The third-order valence-electron chi connectivity index (χ3n) is 2.61. The number of hydrogen-bond acceptors (Lipinski definition) is 0. The molecule has 0 radical (unpaired) electrons. The van der Waals surface area contributed by atoms with Crippen LogP contribution in [0.3, 0.4) is 0 Å². The molecular weight excluding hydrogens is 331 g/mol. The molecule has 0 fully saturated rings. The lowest BCUT2D eigenvalue weighted by atomic mass is 9.99. The van der Waals surface area contributed by atoms with Crippen molar-refractivity contribution in [1.29, 1.82) is 0 Å². The zero-order chi connectivity index (χ0) is 12.8. The van der Waals surface area contributed by atoms with Crippen LogP contribution in [-0.4, -0.2) is 0 Å². The van der Waals surface area contributed by atoms with Gasteiger partial charge in [-0.1, -0.05) is 48.2 Å². The third kappa shape index (κ3) is 3.48. The van der Waals surface area contributed by atoms with Crippen LogP contribution in [0.4, 0.5) is 0 Å². The van der Waals surface area contributed by atoms with Crippen molar-refractivity contribution in [3.05, 3.63) is 81.9 Å². The Kier molecular flexibility index (Phi) is 4.60. The summed E-state index contributed by atoms with van der Waals surface area (Å²) in [6.45, 7) is 3.87. The van der Waals surface area contributed by atoms with E-state index < -0.39 is 0 Å². The van der Waals surface area contributed by atoms with Crippen LogP contribution in [-0.2, 0) is 0 Å². The molecule has 2 aromatic carbocycles. The Bertz CT molecular complexity index is 571. The monoisotopic (exact) mass is 344 g/mol. The van der Waals surface area contributed by atoms with Crippen LogP contribution in [0, 0.1) is 15.4 Å². The molecule has 18 heavy (non-hydrogen) atoms. The minimum absolute atomic E-state index is 0.0854. The largest absolute Gasteiger partial charge is 0.102 e. The molecule has 0 saturated heterocycles. The fourth-order valence-electron chi connectivity index (χ4n) is 1.63. The Morgan fingerprint density at radius 1 is 1.00 bits per heavy atom. The first-order valence-corrected chi connectivity index (χ1v) is 6.82. The molecule has 2 rings (SSSR count). The Hall–Kier alpha value is -1.53. The van der Waals surface area contributed by atoms with Gasteiger partial charge in [0.2, 0.25) is 0 Å². The standard InChI is InChI=1S/C17H13I/c1-2-15(16-10-12-17(18)13-11-16)9-8-14-6-4-3-5-7-14/h2-7,10-13,15H,1H2/t15-/m1/s1. The van der Waals surface area contributed by atoms with Gasteiger partial charge in [0.1, 0.15) is 0 Å². The predicted molar refractivity (Wildman–Crippen MR) is 85.4 cm³/mol. The summed E-state index contributed by atoms with van der Waals surface area (Å²) in [5, 5.41) is 0. The molecule has 0 saturated carbocycles. The average Bonchev–Trinajstić information content (AvgIpc) is 2.42. The van der Waals surface area contributed by atoms with Gasteiger partial charge in [-0.25, -0.2) is 0 Å². The second kappa shape index (κ2) is 6.42. The summed E-state index contributed by atoms with van der Waals surface area (Å²) in [6, 6.07) is 18.4. The van der Waals surface area contributed by atoms with Crippen LogP contribution in [0.2, 0.25) is 0 Å². The molecule has 0 aliphatic carbocycles. The van der Waals surface area contributed by atoms with E-state index in [0.717, 1.165) is 5.56 Å². The van der Waals surface area contributed by atoms with Gasteiger partial charge in [0.05, 0.1) is 5.92 Å². The van der Waals surface area contributed by atoms with E-state index in [-0.39, 0.29) is 5.92 Å². The minimum atomic E-state index is 0.0854. The van der Waals surface area contributed by atoms with Crippen molar-refractivity contribution in [2.45, 2.75) is 5.92 Å². The summed E-state index contributed by atoms with van der Waals surface area (Å²) in [4.78, 5) is 0. The lowest BCUT2D eigenvalue weighted by Crippen LogP contribution is -1.91. The van der Waals surface area contributed by atoms with E-state index in [1.54, 1.807) is 0 Å². The highest BCUT2D eigenvalue weighted by molar-refractivity contribution is 14.1. The summed E-state index contributed by atoms with van der Waals surface area (Å²) in [5.41, 5.74) is 2.23. The molecular formula is C17H13I. The Labute approximate surface area is 122 Å². The molecule has 0 amide bonds. The first kappa shape index (κ1) is 12.9. The van der Waals surface area contributed by atoms with Gasteiger partial charge in [0.25, 0.3) is 0 Å². The van der Waals surface area contributed by atoms with Crippen LogP contribution in [0.5, 0.6) is 0 Å². The molecule has 2 aromatic rings. The van der Waals surface area contributed by atoms with Gasteiger partial charge in [-0.05, 0) is 52.4 Å². The van der Waals surface area contributed by atoms with Crippen molar-refractivity contribution in [2.24, 2.45) is 0 Å². The van der Waals surface area contributed by atoms with Crippen LogP contribution >= 0.6 is 22.6 Å². The second-order valence-electron chi connectivity index (χ2n) is 3.90. The predicted octanol–water partition coefficient (Wildman–Crippen LogP) is 4.61. The highest BCUT2D eigenvalue weighted by Gasteiger charge is 2.02. The van der Waals surface area contributed by atoms with Gasteiger partial charge < -0.3 is 0 Å². The summed E-state index contributed by atoms with van der Waals surface area (Å²) >= 11 is 2.30. The summed E-state index contributed by atoms with van der Waals surface area (Å²) in [5.74, 6) is 6.52. The van der Waals surface area contributed by atoms with Crippen LogP contribution in [0.1, 0.15) is 17.0 Å². The van der Waals surface area contributed by atoms with E-state index in [1.807, 2.05) is 36.4 Å². The molecule has 1 heteroatoms. The van der Waals surface area contributed by atoms with E-state index in [0.29, 0.717) is 0 Å². The van der Waals surface area contributed by atoms with E-state index >= 15 is 0 Å². The van der Waals surface area contributed by atoms with E-state index in [1.165, 1.54) is 9.13 Å². The zero-order valence-electron chi connectivity index (χ0n) is 9.94. The molecule has 0 heterocycles. The van der Waals surface area contributed by atoms with E-state index in [4.69, 9.17) is 0 Å². The quantitative estimate of drug-likeness (QED) is 0.424. The molecule has 0 aromatic heterocycles. The molecule has 0 unspecified atom stereocenters. The Morgan fingerprint density at radius 3 is 2.28 bits per heavy atom. The lowest BCUT2D eigenvalue weighted by Gasteiger charge is -2.05. The summed E-state index contributed by atoms with van der Waals surface area (Å²) in [7, 11) is 0. The van der Waals surface area contributed by atoms with Gasteiger partial charge in [0.15, 0.2) is 0 Å². The summed E-state index contributed by atoms with van der Waals surface area (Å²) < 4.78 is 1.23. The molecule has 0 spiro atoms. The van der Waals surface area contributed by atoms with Crippen molar-refractivity contribution in [2.75, 3.05) is 0 Å². The van der Waals surface area contributed by atoms with Crippen LogP contribution in [0.25, 0.3) is 0 Å². The van der Waals surface area contributed by atoms with Crippen LogP contribution < -0.4 is 0 Å². The highest BCUT2D eigenvalue weighted by Crippen LogP contribution is 2.17. The van der Waals surface area contributed by atoms with E-state index in [9.17, 15) is 0 Å². The SMILES string of the molecule is C=C[C@H](C#Cc1ccccc1)c1ccc(I)cc1. The molecule has 0 N–H and O–H groups in total. The summed E-state index contributed by atoms with van der Waals surface area (Å²) in [6.07, 6.45) is 1.89. The number of halogens is 1. The zero-order valence-corrected chi connectivity index (χ0v) is 12.1. The fourth-order valence-corrected chi connectivity index (χ4v) is 1.99. The maximum atomic E-state index is 3.87. The minimum Gasteiger partial charge on any atom is -0.102 e. The van der Waals surface area contributed by atoms with Gasteiger partial charge in [-0.2, -0.15) is 0 Å². The van der Waals surface area contributed by atoms with Crippen molar-refractivity contribution in [1.82, 2.24) is 0 Å². The number of allylic oxidation sites excluding steroid dienone is 1. The van der Waals surface area contributed by atoms with Gasteiger partial charge in [-0.15, -0.1) is 6.58 Å². The maximum absolute atomic E-state index is 3.87. The van der Waals surface area contributed by atoms with Crippen LogP contribution in [0.15, 0.2) is 67.3 Å². The molecule has 0 bridgehead atoms. The molecule has 88 valence electrons. The molecule has 1 atom stereocenters. The first-order chi connectivity index (χ1) is 8.79. The van der Waals surface area contributed by atoms with Crippen molar-refractivity contribution in [3.63, 3.8) is 0 Å². The third-order valence-corrected chi connectivity index (χ3v) is 3.33. The molecule has 0 aliphatic heterocycles. The first-order valence-electron chi connectivity index (χ1n) is 5.74. The number of benzene rings is 2. The smallest absolute Gasteiger partial charge is 0.0633 e. The second-order valence-corrected chi connectivity index (χ2v) is 5.15.